The first-order valence-electron chi connectivity index (χ1n) is 4.06. The summed E-state index contributed by atoms with van der Waals surface area (Å²) in [4.78, 5) is 0. The monoisotopic (exact) mass is 252 g/mol. The molecule has 1 heterocycles. The zero-order valence-corrected chi connectivity index (χ0v) is 8.29. The lowest BCUT2D eigenvalue weighted by Gasteiger charge is -2.16. The van der Waals surface area contributed by atoms with Gasteiger partial charge in [0.15, 0.2) is 11.6 Å². The van der Waals surface area contributed by atoms with Crippen molar-refractivity contribution in [2.75, 3.05) is 0 Å². The Kier molecular flexibility index (Phi) is 2.37. The lowest BCUT2D eigenvalue weighted by molar-refractivity contribution is -0.140. The molecule has 0 unspecified atom stereocenters. The van der Waals surface area contributed by atoms with E-state index in [9.17, 15) is 22.0 Å². The number of alkyl halides is 3. The van der Waals surface area contributed by atoms with Crippen LogP contribution in [0.5, 0.6) is 0 Å². The Morgan fingerprint density at radius 3 is 2.12 bits per heavy atom. The zero-order valence-electron chi connectivity index (χ0n) is 7.48. The molecule has 1 aromatic carbocycles. The van der Waals surface area contributed by atoms with Crippen molar-refractivity contribution in [1.29, 1.82) is 0 Å². The molecular weight excluding hydrogens is 249 g/mol. The second kappa shape index (κ2) is 3.38. The highest BCUT2D eigenvalue weighted by molar-refractivity contribution is 7.57. The number of hydrogen-bond acceptors (Lipinski definition) is 2. The first kappa shape index (κ1) is 11.3. The summed E-state index contributed by atoms with van der Waals surface area (Å²) in [5, 5.41) is 0. The first-order valence-corrected chi connectivity index (χ1v) is 4.42. The van der Waals surface area contributed by atoms with Gasteiger partial charge in [-0.05, 0) is 12.1 Å². The summed E-state index contributed by atoms with van der Waals surface area (Å²) in [7, 11) is 0. The van der Waals surface area contributed by atoms with E-state index in [0.717, 1.165) is 10.4 Å². The number of benzene rings is 1. The molecule has 0 saturated carbocycles. The quantitative estimate of drug-likeness (QED) is 0.558. The Labute approximate surface area is 92.7 Å². The van der Waals surface area contributed by atoms with Crippen LogP contribution in [0.3, 0.4) is 0 Å². The standard InChI is InChI=1S/C9H3F5NS/c10-5-2-1-4(6-3-15(6)16)7(8(5)11)9(12,13)14/h1-3H/q-1. The average molecular weight is 252 g/mol. The minimum atomic E-state index is -4.96. The van der Waals surface area contributed by atoms with E-state index >= 15 is 0 Å². The van der Waals surface area contributed by atoms with E-state index in [-0.39, 0.29) is 5.70 Å². The van der Waals surface area contributed by atoms with E-state index < -0.39 is 28.9 Å². The number of hydrogen-bond donors (Lipinski definition) is 0. The van der Waals surface area contributed by atoms with Crippen molar-refractivity contribution in [1.82, 2.24) is 4.31 Å². The highest BCUT2D eigenvalue weighted by atomic mass is 32.1. The van der Waals surface area contributed by atoms with Crippen LogP contribution in [0.4, 0.5) is 22.0 Å². The topological polar surface area (TPSA) is 3.01 Å². The molecule has 0 N–H and O–H groups in total. The van der Waals surface area contributed by atoms with Crippen LogP contribution in [-0.2, 0) is 19.0 Å². The van der Waals surface area contributed by atoms with Gasteiger partial charge in [0, 0.05) is 17.5 Å². The Balaban J connectivity index is 2.62. The van der Waals surface area contributed by atoms with Crippen molar-refractivity contribution < 1.29 is 22.0 Å². The highest BCUT2D eigenvalue weighted by Gasteiger charge is 2.40. The molecule has 0 radical (unpaired) electrons. The molecule has 0 spiro atoms. The lowest BCUT2D eigenvalue weighted by Crippen LogP contribution is -2.13. The van der Waals surface area contributed by atoms with Gasteiger partial charge in [0.1, 0.15) is 5.56 Å². The van der Waals surface area contributed by atoms with E-state index in [2.05, 4.69) is 12.8 Å². The molecule has 1 nitrogen and oxygen atoms in total. The predicted octanol–water partition coefficient (Wildman–Crippen LogP) is 3.06. The van der Waals surface area contributed by atoms with Crippen LogP contribution in [0.1, 0.15) is 11.1 Å². The van der Waals surface area contributed by atoms with Crippen molar-refractivity contribution >= 4 is 18.5 Å². The van der Waals surface area contributed by atoms with Crippen molar-refractivity contribution in [3.05, 3.63) is 41.1 Å². The van der Waals surface area contributed by atoms with Gasteiger partial charge in [-0.3, -0.25) is 0 Å². The maximum Gasteiger partial charge on any atom is 0.419 e. The fourth-order valence-electron chi connectivity index (χ4n) is 1.31. The largest absolute Gasteiger partial charge is 0.661 e. The van der Waals surface area contributed by atoms with E-state index in [1.165, 1.54) is 6.20 Å². The van der Waals surface area contributed by atoms with E-state index in [4.69, 9.17) is 0 Å². The number of rotatable bonds is 1. The van der Waals surface area contributed by atoms with Crippen LogP contribution < -0.4 is 0 Å². The molecule has 7 heteroatoms. The Morgan fingerprint density at radius 2 is 1.69 bits per heavy atom. The van der Waals surface area contributed by atoms with Crippen LogP contribution in [0.15, 0.2) is 18.3 Å². The molecule has 2 rings (SSSR count). The average Bonchev–Trinajstić information content (AvgIpc) is 2.85. The molecule has 0 bridgehead atoms. The maximum absolute atomic E-state index is 13.1. The van der Waals surface area contributed by atoms with Gasteiger partial charge < -0.3 is 17.1 Å². The molecule has 0 atom stereocenters. The van der Waals surface area contributed by atoms with Gasteiger partial charge in [-0.25, -0.2) is 8.78 Å². The predicted molar refractivity (Wildman–Crippen MR) is 48.5 cm³/mol. The second-order valence-electron chi connectivity index (χ2n) is 3.12. The van der Waals surface area contributed by atoms with Crippen molar-refractivity contribution in [3.63, 3.8) is 0 Å². The molecule has 1 aromatic rings. The van der Waals surface area contributed by atoms with Gasteiger partial charge in [0.05, 0.1) is 0 Å². The smallest absolute Gasteiger partial charge is 0.419 e. The van der Waals surface area contributed by atoms with Gasteiger partial charge in [0.2, 0.25) is 0 Å². The summed E-state index contributed by atoms with van der Waals surface area (Å²) < 4.78 is 64.4. The van der Waals surface area contributed by atoms with Crippen LogP contribution in [0.25, 0.3) is 5.70 Å². The third-order valence-electron chi connectivity index (χ3n) is 2.06. The van der Waals surface area contributed by atoms with Crippen molar-refractivity contribution in [2.45, 2.75) is 6.18 Å². The normalized spacial score (nSPS) is 15.1. The molecule has 16 heavy (non-hydrogen) atoms. The van der Waals surface area contributed by atoms with Crippen LogP contribution in [0, 0.1) is 11.6 Å². The summed E-state index contributed by atoms with van der Waals surface area (Å²) in [5.74, 6) is -3.44. The molecule has 0 fully saturated rings. The van der Waals surface area contributed by atoms with Gasteiger partial charge in [0.25, 0.3) is 0 Å². The molecule has 86 valence electrons. The van der Waals surface area contributed by atoms with Gasteiger partial charge in [-0.2, -0.15) is 13.2 Å². The van der Waals surface area contributed by atoms with Gasteiger partial charge in [-0.1, -0.05) is 0 Å². The molecule has 0 saturated heterocycles. The fraction of sp³-hybridized carbons (Fsp3) is 0.111. The third-order valence-corrected chi connectivity index (χ3v) is 2.37. The van der Waals surface area contributed by atoms with Gasteiger partial charge in [-0.15, -0.1) is 0 Å². The lowest BCUT2D eigenvalue weighted by atomic mass is 10.1. The number of nitrogens with zero attached hydrogens (tertiary/aromatic N) is 1. The molecule has 0 aliphatic carbocycles. The van der Waals surface area contributed by atoms with Crippen molar-refractivity contribution in [3.8, 4) is 0 Å². The summed E-state index contributed by atoms with van der Waals surface area (Å²) in [6, 6.07) is 1.50. The fourth-order valence-corrected chi connectivity index (χ4v) is 1.51. The zero-order chi connectivity index (χ0) is 12.1. The summed E-state index contributed by atoms with van der Waals surface area (Å²) in [5.41, 5.74) is -2.01. The molecule has 0 amide bonds. The summed E-state index contributed by atoms with van der Waals surface area (Å²) in [6.45, 7) is 0. The minimum Gasteiger partial charge on any atom is -0.661 e. The SMILES string of the molecule is Fc1ccc(C2=CN2[S-])c(C(F)(F)F)c1F. The van der Waals surface area contributed by atoms with E-state index in [1.54, 1.807) is 0 Å². The van der Waals surface area contributed by atoms with E-state index in [0.29, 0.717) is 6.07 Å². The van der Waals surface area contributed by atoms with Gasteiger partial charge >= 0.3 is 6.18 Å². The molecular formula is C9H3F5NS-. The van der Waals surface area contributed by atoms with Crippen LogP contribution in [-0.4, -0.2) is 4.31 Å². The van der Waals surface area contributed by atoms with Crippen molar-refractivity contribution in [2.24, 2.45) is 0 Å². The van der Waals surface area contributed by atoms with E-state index in [1.807, 2.05) is 0 Å². The summed E-state index contributed by atoms with van der Waals surface area (Å²) in [6.07, 6.45) is -3.74. The molecule has 1 aliphatic heterocycles. The maximum atomic E-state index is 13.1. The Bertz CT molecular complexity index is 480. The Morgan fingerprint density at radius 1 is 1.12 bits per heavy atom. The van der Waals surface area contributed by atoms with Crippen LogP contribution >= 0.6 is 0 Å². The highest BCUT2D eigenvalue weighted by Crippen LogP contribution is 2.41. The number of halogens is 5. The Hall–Kier alpha value is -1.24. The van der Waals surface area contributed by atoms with Crippen LogP contribution in [0.2, 0.25) is 0 Å². The first-order chi connectivity index (χ1) is 7.32. The minimum absolute atomic E-state index is 0.0567. The third kappa shape index (κ3) is 1.75. The molecule has 1 aliphatic rings. The second-order valence-corrected chi connectivity index (χ2v) is 3.52. The molecule has 0 aromatic heterocycles. The summed E-state index contributed by atoms with van der Waals surface area (Å²) >= 11 is 4.55.